The Bertz CT molecular complexity index is 510. The lowest BCUT2D eigenvalue weighted by molar-refractivity contribution is 0.204. The minimum absolute atomic E-state index is 0.230. The molecule has 2 aromatic carbocycles. The van der Waals surface area contributed by atoms with Crippen molar-refractivity contribution >= 4 is 0 Å². The SMILES string of the molecule is Cc1ccc(C(CN)Oc2ccccc2F)cc1. The lowest BCUT2D eigenvalue weighted by atomic mass is 10.1. The van der Waals surface area contributed by atoms with Crippen LogP contribution in [-0.4, -0.2) is 6.54 Å². The molecule has 94 valence electrons. The maximum Gasteiger partial charge on any atom is 0.165 e. The first-order valence-electron chi connectivity index (χ1n) is 5.88. The molecule has 2 nitrogen and oxygen atoms in total. The first-order valence-corrected chi connectivity index (χ1v) is 5.88. The predicted molar refractivity (Wildman–Crippen MR) is 70.0 cm³/mol. The van der Waals surface area contributed by atoms with Gasteiger partial charge in [0.2, 0.25) is 0 Å². The number of benzene rings is 2. The molecule has 2 rings (SSSR count). The number of halogens is 1. The van der Waals surface area contributed by atoms with Gasteiger partial charge in [0, 0.05) is 6.54 Å². The molecule has 0 aliphatic carbocycles. The number of hydrogen-bond acceptors (Lipinski definition) is 2. The molecule has 0 saturated carbocycles. The van der Waals surface area contributed by atoms with Gasteiger partial charge in [-0.15, -0.1) is 0 Å². The van der Waals surface area contributed by atoms with E-state index in [9.17, 15) is 4.39 Å². The summed E-state index contributed by atoms with van der Waals surface area (Å²) in [6, 6.07) is 14.2. The van der Waals surface area contributed by atoms with E-state index in [2.05, 4.69) is 0 Å². The molecule has 0 aliphatic rings. The molecule has 0 aromatic heterocycles. The van der Waals surface area contributed by atoms with Crippen molar-refractivity contribution in [3.8, 4) is 5.75 Å². The Morgan fingerprint density at radius 2 is 1.78 bits per heavy atom. The summed E-state index contributed by atoms with van der Waals surface area (Å²) in [5.41, 5.74) is 7.81. The van der Waals surface area contributed by atoms with E-state index in [0.717, 1.165) is 5.56 Å². The van der Waals surface area contributed by atoms with Crippen LogP contribution in [-0.2, 0) is 0 Å². The Morgan fingerprint density at radius 3 is 2.39 bits per heavy atom. The van der Waals surface area contributed by atoms with Gasteiger partial charge in [-0.2, -0.15) is 0 Å². The molecule has 1 atom stereocenters. The first-order chi connectivity index (χ1) is 8.70. The van der Waals surface area contributed by atoms with Crippen molar-refractivity contribution in [1.29, 1.82) is 0 Å². The van der Waals surface area contributed by atoms with Gasteiger partial charge in [0.15, 0.2) is 11.6 Å². The van der Waals surface area contributed by atoms with E-state index in [-0.39, 0.29) is 17.7 Å². The molecule has 3 heteroatoms. The van der Waals surface area contributed by atoms with Crippen LogP contribution >= 0.6 is 0 Å². The Morgan fingerprint density at radius 1 is 1.11 bits per heavy atom. The van der Waals surface area contributed by atoms with Crippen molar-refractivity contribution in [2.24, 2.45) is 5.73 Å². The maximum absolute atomic E-state index is 13.5. The van der Waals surface area contributed by atoms with E-state index >= 15 is 0 Å². The topological polar surface area (TPSA) is 35.2 Å². The third kappa shape index (κ3) is 2.87. The van der Waals surface area contributed by atoms with Crippen molar-refractivity contribution in [3.63, 3.8) is 0 Å². The van der Waals surface area contributed by atoms with Crippen LogP contribution in [0.25, 0.3) is 0 Å². The lowest BCUT2D eigenvalue weighted by Crippen LogP contribution is -2.18. The summed E-state index contributed by atoms with van der Waals surface area (Å²) >= 11 is 0. The van der Waals surface area contributed by atoms with Crippen LogP contribution in [0.15, 0.2) is 48.5 Å². The lowest BCUT2D eigenvalue weighted by Gasteiger charge is -2.18. The van der Waals surface area contributed by atoms with E-state index in [4.69, 9.17) is 10.5 Å². The van der Waals surface area contributed by atoms with Crippen LogP contribution in [0, 0.1) is 12.7 Å². The quantitative estimate of drug-likeness (QED) is 0.897. The van der Waals surface area contributed by atoms with Crippen LogP contribution in [0.5, 0.6) is 5.75 Å². The van der Waals surface area contributed by atoms with E-state index in [1.54, 1.807) is 18.2 Å². The van der Waals surface area contributed by atoms with Crippen molar-refractivity contribution in [1.82, 2.24) is 0 Å². The second kappa shape index (κ2) is 5.65. The molecule has 0 spiro atoms. The molecule has 1 unspecified atom stereocenters. The minimum Gasteiger partial charge on any atom is -0.481 e. The van der Waals surface area contributed by atoms with Crippen molar-refractivity contribution in [3.05, 3.63) is 65.5 Å². The van der Waals surface area contributed by atoms with Gasteiger partial charge in [0.05, 0.1) is 0 Å². The molecule has 0 saturated heterocycles. The standard InChI is InChI=1S/C15H16FNO/c1-11-6-8-12(9-7-11)15(10-17)18-14-5-3-2-4-13(14)16/h2-9,15H,10,17H2,1H3. The van der Waals surface area contributed by atoms with Crippen molar-refractivity contribution in [2.45, 2.75) is 13.0 Å². The number of hydrogen-bond donors (Lipinski definition) is 1. The summed E-state index contributed by atoms with van der Waals surface area (Å²) < 4.78 is 19.1. The Kier molecular flexibility index (Phi) is 3.95. The molecular weight excluding hydrogens is 229 g/mol. The van der Waals surface area contributed by atoms with Crippen LogP contribution < -0.4 is 10.5 Å². The molecule has 2 N–H and O–H groups in total. The summed E-state index contributed by atoms with van der Waals surface area (Å²) in [4.78, 5) is 0. The molecule has 18 heavy (non-hydrogen) atoms. The summed E-state index contributed by atoms with van der Waals surface area (Å²) in [6.45, 7) is 2.32. The Balaban J connectivity index is 2.20. The summed E-state index contributed by atoms with van der Waals surface area (Å²) in [5, 5.41) is 0. The second-order valence-electron chi connectivity index (χ2n) is 4.18. The van der Waals surface area contributed by atoms with Gasteiger partial charge in [0.25, 0.3) is 0 Å². The summed E-state index contributed by atoms with van der Waals surface area (Å²) in [5.74, 6) is -0.142. The molecule has 0 radical (unpaired) electrons. The number of para-hydroxylation sites is 1. The molecular formula is C15H16FNO. The molecule has 2 aromatic rings. The number of rotatable bonds is 4. The fourth-order valence-corrected chi connectivity index (χ4v) is 1.73. The molecule has 0 fully saturated rings. The van der Waals surface area contributed by atoms with Gasteiger partial charge in [0.1, 0.15) is 6.10 Å². The highest BCUT2D eigenvalue weighted by Crippen LogP contribution is 2.23. The van der Waals surface area contributed by atoms with Crippen LogP contribution in [0.4, 0.5) is 4.39 Å². The Hall–Kier alpha value is -1.87. The van der Waals surface area contributed by atoms with Gasteiger partial charge in [-0.1, -0.05) is 42.0 Å². The largest absolute Gasteiger partial charge is 0.481 e. The maximum atomic E-state index is 13.5. The van der Waals surface area contributed by atoms with Crippen LogP contribution in [0.1, 0.15) is 17.2 Å². The van der Waals surface area contributed by atoms with E-state index in [1.165, 1.54) is 11.6 Å². The van der Waals surface area contributed by atoms with Crippen LogP contribution in [0.3, 0.4) is 0 Å². The molecule has 0 amide bonds. The number of ether oxygens (including phenoxy) is 1. The summed E-state index contributed by atoms with van der Waals surface area (Å²) in [7, 11) is 0. The first kappa shape index (κ1) is 12.6. The fraction of sp³-hybridized carbons (Fsp3) is 0.200. The smallest absolute Gasteiger partial charge is 0.165 e. The van der Waals surface area contributed by atoms with Gasteiger partial charge in [-0.05, 0) is 24.6 Å². The molecule has 0 heterocycles. The minimum atomic E-state index is -0.372. The summed E-state index contributed by atoms with van der Waals surface area (Å²) in [6.07, 6.45) is -0.331. The van der Waals surface area contributed by atoms with Crippen LogP contribution in [0.2, 0.25) is 0 Å². The third-order valence-electron chi connectivity index (χ3n) is 2.77. The van der Waals surface area contributed by atoms with E-state index in [0.29, 0.717) is 6.54 Å². The zero-order valence-corrected chi connectivity index (χ0v) is 10.3. The average molecular weight is 245 g/mol. The monoisotopic (exact) mass is 245 g/mol. The predicted octanol–water partition coefficient (Wildman–Crippen LogP) is 3.21. The highest BCUT2D eigenvalue weighted by atomic mass is 19.1. The van der Waals surface area contributed by atoms with Gasteiger partial charge >= 0.3 is 0 Å². The average Bonchev–Trinajstić information content (AvgIpc) is 2.39. The highest BCUT2D eigenvalue weighted by molar-refractivity contribution is 5.27. The van der Waals surface area contributed by atoms with Crippen molar-refractivity contribution < 1.29 is 9.13 Å². The van der Waals surface area contributed by atoms with Gasteiger partial charge in [-0.3, -0.25) is 0 Å². The normalized spacial score (nSPS) is 12.2. The van der Waals surface area contributed by atoms with E-state index in [1.807, 2.05) is 31.2 Å². The van der Waals surface area contributed by atoms with Gasteiger partial charge < -0.3 is 10.5 Å². The second-order valence-corrected chi connectivity index (χ2v) is 4.18. The highest BCUT2D eigenvalue weighted by Gasteiger charge is 2.13. The van der Waals surface area contributed by atoms with Crippen molar-refractivity contribution in [2.75, 3.05) is 6.54 Å². The number of aryl methyl sites for hydroxylation is 1. The zero-order valence-electron chi connectivity index (χ0n) is 10.3. The molecule has 0 aliphatic heterocycles. The zero-order chi connectivity index (χ0) is 13.0. The fourth-order valence-electron chi connectivity index (χ4n) is 1.73. The number of nitrogens with two attached hydrogens (primary N) is 1. The third-order valence-corrected chi connectivity index (χ3v) is 2.77. The molecule has 0 bridgehead atoms. The Labute approximate surface area is 106 Å². The van der Waals surface area contributed by atoms with E-state index < -0.39 is 0 Å². The van der Waals surface area contributed by atoms with Gasteiger partial charge in [-0.25, -0.2) is 4.39 Å².